The molecule has 0 amide bonds. The molecular formula is C17H28N2O. The van der Waals surface area contributed by atoms with Gasteiger partial charge in [0.05, 0.1) is 12.6 Å². The summed E-state index contributed by atoms with van der Waals surface area (Å²) in [4.78, 5) is 2.57. The molecule has 0 aromatic heterocycles. The number of aryl methyl sites for hydroxylation is 1. The van der Waals surface area contributed by atoms with Crippen LogP contribution in [-0.2, 0) is 4.74 Å². The minimum Gasteiger partial charge on any atom is -0.383 e. The van der Waals surface area contributed by atoms with Gasteiger partial charge in [0.15, 0.2) is 0 Å². The van der Waals surface area contributed by atoms with Gasteiger partial charge in [-0.25, -0.2) is 0 Å². The highest BCUT2D eigenvalue weighted by atomic mass is 16.5. The van der Waals surface area contributed by atoms with Crippen molar-refractivity contribution in [2.45, 2.75) is 51.2 Å². The third kappa shape index (κ3) is 3.60. The number of benzene rings is 1. The molecule has 2 rings (SSSR count). The number of rotatable bonds is 8. The van der Waals surface area contributed by atoms with Crippen LogP contribution in [0.15, 0.2) is 24.3 Å². The van der Waals surface area contributed by atoms with Crippen molar-refractivity contribution >= 4 is 0 Å². The van der Waals surface area contributed by atoms with E-state index in [1.54, 1.807) is 7.11 Å². The molecule has 0 saturated heterocycles. The molecule has 20 heavy (non-hydrogen) atoms. The van der Waals surface area contributed by atoms with Crippen LogP contribution >= 0.6 is 0 Å². The lowest BCUT2D eigenvalue weighted by Crippen LogP contribution is -2.43. The summed E-state index contributed by atoms with van der Waals surface area (Å²) in [6.45, 7) is 6.10. The summed E-state index contributed by atoms with van der Waals surface area (Å²) in [6.07, 6.45) is 3.58. The van der Waals surface area contributed by atoms with Crippen molar-refractivity contribution in [3.05, 3.63) is 35.4 Å². The van der Waals surface area contributed by atoms with Crippen molar-refractivity contribution in [3.8, 4) is 0 Å². The Morgan fingerprint density at radius 1 is 1.35 bits per heavy atom. The molecule has 1 aromatic carbocycles. The van der Waals surface area contributed by atoms with E-state index in [0.29, 0.717) is 12.1 Å². The molecule has 1 aliphatic carbocycles. The maximum Gasteiger partial charge on any atom is 0.0590 e. The number of methoxy groups -OCH3 is 1. The molecular weight excluding hydrogens is 248 g/mol. The highest BCUT2D eigenvalue weighted by Gasteiger charge is 2.37. The largest absolute Gasteiger partial charge is 0.383 e. The minimum atomic E-state index is 0.175. The van der Waals surface area contributed by atoms with Crippen molar-refractivity contribution in [1.29, 1.82) is 0 Å². The zero-order valence-electron chi connectivity index (χ0n) is 13.0. The van der Waals surface area contributed by atoms with Crippen LogP contribution in [0.3, 0.4) is 0 Å². The molecule has 112 valence electrons. The molecule has 0 heterocycles. The fourth-order valence-corrected chi connectivity index (χ4v) is 2.95. The lowest BCUT2D eigenvalue weighted by molar-refractivity contribution is 0.101. The predicted molar refractivity (Wildman–Crippen MR) is 83.8 cm³/mol. The van der Waals surface area contributed by atoms with Crippen molar-refractivity contribution in [3.63, 3.8) is 0 Å². The molecule has 1 fully saturated rings. The topological polar surface area (TPSA) is 38.5 Å². The second kappa shape index (κ2) is 7.21. The van der Waals surface area contributed by atoms with Gasteiger partial charge < -0.3 is 10.5 Å². The number of ether oxygens (including phenoxy) is 1. The third-order valence-electron chi connectivity index (χ3n) is 4.31. The predicted octanol–water partition coefficient (Wildman–Crippen LogP) is 2.88. The standard InChI is InChI=1S/C17H28N2O/c1-4-16(18)17(15-8-6-5-7-13(15)2)19(11-12-20-3)14-9-10-14/h5-8,14,16-17H,4,9-12,18H2,1-3H3. The van der Waals surface area contributed by atoms with Gasteiger partial charge in [-0.2, -0.15) is 0 Å². The summed E-state index contributed by atoms with van der Waals surface area (Å²) < 4.78 is 5.30. The molecule has 1 aliphatic rings. The molecule has 3 heteroatoms. The molecule has 1 saturated carbocycles. The van der Waals surface area contributed by atoms with Crippen LogP contribution in [0.2, 0.25) is 0 Å². The van der Waals surface area contributed by atoms with E-state index in [9.17, 15) is 0 Å². The Kier molecular flexibility index (Phi) is 5.58. The Morgan fingerprint density at radius 3 is 2.60 bits per heavy atom. The Balaban J connectivity index is 2.27. The van der Waals surface area contributed by atoms with Gasteiger partial charge in [-0.15, -0.1) is 0 Å². The molecule has 0 spiro atoms. The number of nitrogens with zero attached hydrogens (tertiary/aromatic N) is 1. The highest BCUT2D eigenvalue weighted by molar-refractivity contribution is 5.30. The van der Waals surface area contributed by atoms with E-state index in [1.165, 1.54) is 24.0 Å². The zero-order valence-corrected chi connectivity index (χ0v) is 13.0. The molecule has 0 radical (unpaired) electrons. The van der Waals surface area contributed by atoms with Crippen molar-refractivity contribution < 1.29 is 4.74 Å². The third-order valence-corrected chi connectivity index (χ3v) is 4.31. The minimum absolute atomic E-state index is 0.175. The lowest BCUT2D eigenvalue weighted by Gasteiger charge is -2.36. The van der Waals surface area contributed by atoms with E-state index < -0.39 is 0 Å². The smallest absolute Gasteiger partial charge is 0.0590 e. The van der Waals surface area contributed by atoms with Crippen LogP contribution in [0.25, 0.3) is 0 Å². The summed E-state index contributed by atoms with van der Waals surface area (Å²) in [5, 5.41) is 0. The van der Waals surface area contributed by atoms with Crippen LogP contribution in [-0.4, -0.2) is 37.2 Å². The zero-order chi connectivity index (χ0) is 14.5. The second-order valence-electron chi connectivity index (χ2n) is 5.84. The lowest BCUT2D eigenvalue weighted by atomic mass is 9.92. The quantitative estimate of drug-likeness (QED) is 0.793. The van der Waals surface area contributed by atoms with Crippen LogP contribution in [0.4, 0.5) is 0 Å². The Hall–Kier alpha value is -0.900. The van der Waals surface area contributed by atoms with Crippen LogP contribution in [0.1, 0.15) is 43.4 Å². The molecule has 3 nitrogen and oxygen atoms in total. The van der Waals surface area contributed by atoms with Gasteiger partial charge in [0.25, 0.3) is 0 Å². The van der Waals surface area contributed by atoms with E-state index in [2.05, 4.69) is 43.0 Å². The number of hydrogen-bond acceptors (Lipinski definition) is 3. The Bertz CT molecular complexity index is 417. The maximum absolute atomic E-state index is 6.47. The average Bonchev–Trinajstić information content (AvgIpc) is 3.28. The number of hydrogen-bond donors (Lipinski definition) is 1. The first-order valence-corrected chi connectivity index (χ1v) is 7.74. The monoisotopic (exact) mass is 276 g/mol. The van der Waals surface area contributed by atoms with E-state index >= 15 is 0 Å². The van der Waals surface area contributed by atoms with E-state index in [-0.39, 0.29) is 6.04 Å². The first-order chi connectivity index (χ1) is 9.69. The van der Waals surface area contributed by atoms with Crippen molar-refractivity contribution in [1.82, 2.24) is 4.90 Å². The summed E-state index contributed by atoms with van der Waals surface area (Å²) in [5.74, 6) is 0. The first-order valence-electron chi connectivity index (χ1n) is 7.74. The van der Waals surface area contributed by atoms with Crippen LogP contribution < -0.4 is 5.73 Å². The summed E-state index contributed by atoms with van der Waals surface area (Å²) in [5.41, 5.74) is 9.19. The molecule has 2 unspecified atom stereocenters. The Morgan fingerprint density at radius 2 is 2.05 bits per heavy atom. The maximum atomic E-state index is 6.47. The molecule has 0 bridgehead atoms. The van der Waals surface area contributed by atoms with Gasteiger partial charge in [-0.3, -0.25) is 4.90 Å². The summed E-state index contributed by atoms with van der Waals surface area (Å²) in [6, 6.07) is 9.82. The fraction of sp³-hybridized carbons (Fsp3) is 0.647. The fourth-order valence-electron chi connectivity index (χ4n) is 2.95. The van der Waals surface area contributed by atoms with Gasteiger partial charge in [-0.1, -0.05) is 31.2 Å². The summed E-state index contributed by atoms with van der Waals surface area (Å²) >= 11 is 0. The van der Waals surface area contributed by atoms with Gasteiger partial charge in [0, 0.05) is 25.7 Å². The molecule has 2 atom stereocenters. The second-order valence-corrected chi connectivity index (χ2v) is 5.84. The molecule has 0 aliphatic heterocycles. The van der Waals surface area contributed by atoms with Crippen molar-refractivity contribution in [2.24, 2.45) is 5.73 Å². The van der Waals surface area contributed by atoms with Gasteiger partial charge in [0.2, 0.25) is 0 Å². The first kappa shape index (κ1) is 15.5. The SMILES string of the molecule is CCC(N)C(c1ccccc1C)N(CCOC)C1CC1. The molecule has 2 N–H and O–H groups in total. The van der Waals surface area contributed by atoms with E-state index in [1.807, 2.05) is 0 Å². The molecule has 1 aromatic rings. The number of nitrogens with two attached hydrogens (primary N) is 1. The van der Waals surface area contributed by atoms with E-state index in [0.717, 1.165) is 19.6 Å². The van der Waals surface area contributed by atoms with Gasteiger partial charge in [0.1, 0.15) is 0 Å². The summed E-state index contributed by atoms with van der Waals surface area (Å²) in [7, 11) is 1.77. The normalized spacial score (nSPS) is 18.2. The van der Waals surface area contributed by atoms with Crippen LogP contribution in [0.5, 0.6) is 0 Å². The van der Waals surface area contributed by atoms with E-state index in [4.69, 9.17) is 10.5 Å². The average molecular weight is 276 g/mol. The van der Waals surface area contributed by atoms with Gasteiger partial charge >= 0.3 is 0 Å². The van der Waals surface area contributed by atoms with Crippen LogP contribution in [0, 0.1) is 6.92 Å². The van der Waals surface area contributed by atoms with Crippen molar-refractivity contribution in [2.75, 3.05) is 20.3 Å². The highest BCUT2D eigenvalue weighted by Crippen LogP contribution is 2.37. The Labute approximate surface area is 123 Å². The van der Waals surface area contributed by atoms with Gasteiger partial charge in [-0.05, 0) is 37.3 Å².